The number of aromatic nitrogens is 1. The van der Waals surface area contributed by atoms with E-state index in [1.54, 1.807) is 12.4 Å². The molecule has 15 heavy (non-hydrogen) atoms. The lowest BCUT2D eigenvalue weighted by Gasteiger charge is -2.06. The fourth-order valence-electron chi connectivity index (χ4n) is 0.854. The van der Waals surface area contributed by atoms with Crippen LogP contribution >= 0.6 is 0 Å². The van der Waals surface area contributed by atoms with Gasteiger partial charge >= 0.3 is 0 Å². The highest BCUT2D eigenvalue weighted by Crippen LogP contribution is 1.90. The first-order valence-electron chi connectivity index (χ1n) is 5.09. The second kappa shape index (κ2) is 9.58. The first-order valence-corrected chi connectivity index (χ1v) is 5.09. The summed E-state index contributed by atoms with van der Waals surface area (Å²) in [6.45, 7) is 2.78. The lowest BCUT2D eigenvalue weighted by molar-refractivity contribution is 0.407. The quantitative estimate of drug-likeness (QED) is 0.751. The van der Waals surface area contributed by atoms with Crippen LogP contribution in [0.4, 0.5) is 0 Å². The van der Waals surface area contributed by atoms with Crippen LogP contribution in [0.15, 0.2) is 24.5 Å². The van der Waals surface area contributed by atoms with E-state index in [4.69, 9.17) is 5.73 Å². The van der Waals surface area contributed by atoms with Gasteiger partial charge in [-0.05, 0) is 32.8 Å². The van der Waals surface area contributed by atoms with Gasteiger partial charge in [0.25, 0.3) is 0 Å². The number of nitrogens with two attached hydrogens (primary N) is 1. The molecule has 0 radical (unpaired) electrons. The molecule has 0 atom stereocenters. The molecule has 0 saturated carbocycles. The Morgan fingerprint density at radius 1 is 1.47 bits per heavy atom. The third-order valence-electron chi connectivity index (χ3n) is 1.77. The van der Waals surface area contributed by atoms with Gasteiger partial charge in [0.05, 0.1) is 0 Å². The molecule has 0 bridgehead atoms. The second-order valence-corrected chi connectivity index (χ2v) is 3.47. The van der Waals surface area contributed by atoms with Gasteiger partial charge in [0, 0.05) is 32.0 Å². The number of hydrogen-bond acceptors (Lipinski definition) is 4. The number of nitrogens with zero attached hydrogens (tertiary/aromatic N) is 2. The highest BCUT2D eigenvalue weighted by Gasteiger charge is 1.83. The number of rotatable bonds is 4. The van der Waals surface area contributed by atoms with Crippen LogP contribution in [0, 0.1) is 0 Å². The van der Waals surface area contributed by atoms with Gasteiger partial charge in [-0.1, -0.05) is 6.07 Å². The Morgan fingerprint density at radius 3 is 2.47 bits per heavy atom. The highest BCUT2D eigenvalue weighted by molar-refractivity contribution is 5.06. The van der Waals surface area contributed by atoms with Crippen LogP contribution in [0.2, 0.25) is 0 Å². The Bertz CT molecular complexity index is 223. The number of pyridine rings is 1. The molecule has 4 heteroatoms. The summed E-state index contributed by atoms with van der Waals surface area (Å²) in [5.41, 5.74) is 6.39. The Kier molecular flexibility index (Phi) is 8.96. The molecule has 3 N–H and O–H groups in total. The zero-order chi connectivity index (χ0) is 11.5. The molecule has 0 aromatic carbocycles. The van der Waals surface area contributed by atoms with E-state index in [-0.39, 0.29) is 0 Å². The van der Waals surface area contributed by atoms with Gasteiger partial charge in [0.15, 0.2) is 0 Å². The lowest BCUT2D eigenvalue weighted by atomic mass is 10.3. The van der Waals surface area contributed by atoms with Crippen LogP contribution in [0.5, 0.6) is 0 Å². The molecule has 4 nitrogen and oxygen atoms in total. The fourth-order valence-corrected chi connectivity index (χ4v) is 0.854. The molecule has 0 spiro atoms. The minimum absolute atomic E-state index is 0.577. The van der Waals surface area contributed by atoms with Crippen molar-refractivity contribution < 1.29 is 0 Å². The summed E-state index contributed by atoms with van der Waals surface area (Å²) in [6, 6.07) is 3.83. The van der Waals surface area contributed by atoms with E-state index in [2.05, 4.69) is 29.3 Å². The van der Waals surface area contributed by atoms with Crippen molar-refractivity contribution in [3.8, 4) is 0 Å². The smallest absolute Gasteiger partial charge is 0.0312 e. The van der Waals surface area contributed by atoms with Crippen molar-refractivity contribution in [2.45, 2.75) is 6.54 Å². The normalized spacial score (nSPS) is 9.67. The second-order valence-electron chi connectivity index (χ2n) is 3.47. The molecule has 1 rings (SSSR count). The Morgan fingerprint density at radius 2 is 2.20 bits per heavy atom. The SMILES string of the molecule is CNCCN(C)C.NCc1cccnc1. The van der Waals surface area contributed by atoms with Gasteiger partial charge in [-0.15, -0.1) is 0 Å². The topological polar surface area (TPSA) is 54.2 Å². The molecule has 0 fully saturated rings. The van der Waals surface area contributed by atoms with Gasteiger partial charge in [-0.25, -0.2) is 0 Å². The maximum atomic E-state index is 5.31. The third kappa shape index (κ3) is 9.34. The summed E-state index contributed by atoms with van der Waals surface area (Å²) < 4.78 is 0. The van der Waals surface area contributed by atoms with Gasteiger partial charge in [-0.2, -0.15) is 0 Å². The van der Waals surface area contributed by atoms with E-state index in [1.807, 2.05) is 19.2 Å². The van der Waals surface area contributed by atoms with E-state index in [1.165, 1.54) is 0 Å². The maximum Gasteiger partial charge on any atom is 0.0312 e. The standard InChI is InChI=1S/C6H8N2.C5H14N2/c7-4-6-2-1-3-8-5-6;1-6-4-5-7(2)3/h1-3,5H,4,7H2;6H,4-5H2,1-3H3. The molecule has 0 unspecified atom stereocenters. The Hall–Kier alpha value is -0.970. The van der Waals surface area contributed by atoms with Gasteiger partial charge < -0.3 is 16.0 Å². The summed E-state index contributed by atoms with van der Waals surface area (Å²) in [4.78, 5) is 6.02. The van der Waals surface area contributed by atoms with Crippen molar-refractivity contribution in [3.63, 3.8) is 0 Å². The molecular formula is C11H22N4. The number of nitrogens with one attached hydrogen (secondary N) is 1. The molecule has 1 heterocycles. The van der Waals surface area contributed by atoms with E-state index < -0.39 is 0 Å². The first-order chi connectivity index (χ1) is 7.20. The molecule has 1 aromatic heterocycles. The summed E-state index contributed by atoms with van der Waals surface area (Å²) in [6.07, 6.45) is 3.50. The van der Waals surface area contributed by atoms with Crippen LogP contribution in [-0.2, 0) is 6.54 Å². The molecule has 0 amide bonds. The van der Waals surface area contributed by atoms with Gasteiger partial charge in [-0.3, -0.25) is 4.98 Å². The van der Waals surface area contributed by atoms with E-state index in [9.17, 15) is 0 Å². The highest BCUT2D eigenvalue weighted by atomic mass is 15.1. The summed E-state index contributed by atoms with van der Waals surface area (Å²) in [5, 5.41) is 3.06. The van der Waals surface area contributed by atoms with Crippen LogP contribution in [0.1, 0.15) is 5.56 Å². The van der Waals surface area contributed by atoms with E-state index in [0.29, 0.717) is 6.54 Å². The van der Waals surface area contributed by atoms with Gasteiger partial charge in [0.2, 0.25) is 0 Å². The molecule has 0 aliphatic carbocycles. The van der Waals surface area contributed by atoms with Crippen molar-refractivity contribution >= 4 is 0 Å². The van der Waals surface area contributed by atoms with Crippen molar-refractivity contribution in [3.05, 3.63) is 30.1 Å². The molecular weight excluding hydrogens is 188 g/mol. The minimum atomic E-state index is 0.577. The van der Waals surface area contributed by atoms with Crippen molar-refractivity contribution in [2.75, 3.05) is 34.2 Å². The van der Waals surface area contributed by atoms with Crippen molar-refractivity contribution in [2.24, 2.45) is 5.73 Å². The summed E-state index contributed by atoms with van der Waals surface area (Å²) >= 11 is 0. The largest absolute Gasteiger partial charge is 0.326 e. The molecule has 1 aromatic rings. The average molecular weight is 210 g/mol. The first kappa shape index (κ1) is 14.0. The van der Waals surface area contributed by atoms with Crippen LogP contribution in [-0.4, -0.2) is 44.1 Å². The number of hydrogen-bond donors (Lipinski definition) is 2. The minimum Gasteiger partial charge on any atom is -0.326 e. The van der Waals surface area contributed by atoms with E-state index >= 15 is 0 Å². The summed E-state index contributed by atoms with van der Waals surface area (Å²) in [5.74, 6) is 0. The predicted molar refractivity (Wildman–Crippen MR) is 64.6 cm³/mol. The average Bonchev–Trinajstić information content (AvgIpc) is 2.28. The van der Waals surface area contributed by atoms with Crippen LogP contribution < -0.4 is 11.1 Å². The third-order valence-corrected chi connectivity index (χ3v) is 1.77. The number of likely N-dealkylation sites (N-methyl/N-ethyl adjacent to an activating group) is 2. The van der Waals surface area contributed by atoms with Crippen molar-refractivity contribution in [1.29, 1.82) is 0 Å². The monoisotopic (exact) mass is 210 g/mol. The molecule has 0 aliphatic heterocycles. The van der Waals surface area contributed by atoms with Gasteiger partial charge in [0.1, 0.15) is 0 Å². The van der Waals surface area contributed by atoms with E-state index in [0.717, 1.165) is 18.7 Å². The predicted octanol–water partition coefficient (Wildman–Crippen LogP) is 0.308. The maximum absolute atomic E-state index is 5.31. The Balaban J connectivity index is 0.000000265. The van der Waals surface area contributed by atoms with Crippen molar-refractivity contribution in [1.82, 2.24) is 15.2 Å². The molecule has 86 valence electrons. The summed E-state index contributed by atoms with van der Waals surface area (Å²) in [7, 11) is 6.10. The fraction of sp³-hybridized carbons (Fsp3) is 0.545. The molecule has 0 saturated heterocycles. The Labute approximate surface area is 92.5 Å². The zero-order valence-electron chi connectivity index (χ0n) is 9.90. The van der Waals surface area contributed by atoms with Crippen LogP contribution in [0.3, 0.4) is 0 Å². The van der Waals surface area contributed by atoms with Crippen LogP contribution in [0.25, 0.3) is 0 Å². The lowest BCUT2D eigenvalue weighted by Crippen LogP contribution is -2.23. The zero-order valence-corrected chi connectivity index (χ0v) is 9.90. The molecule has 0 aliphatic rings.